The first-order valence-electron chi connectivity index (χ1n) is 11.9. The Morgan fingerprint density at radius 2 is 1.56 bits per heavy atom. The minimum atomic E-state index is -0.0955. The Kier molecular flexibility index (Phi) is 7.07. The summed E-state index contributed by atoms with van der Waals surface area (Å²) >= 11 is 1.64. The highest BCUT2D eigenvalue weighted by atomic mass is 32.1. The third kappa shape index (κ3) is 5.15. The molecule has 36 heavy (non-hydrogen) atoms. The van der Waals surface area contributed by atoms with Crippen LogP contribution in [0.3, 0.4) is 0 Å². The van der Waals surface area contributed by atoms with Crippen molar-refractivity contribution in [2.75, 3.05) is 0 Å². The Morgan fingerprint density at radius 3 is 2.22 bits per heavy atom. The summed E-state index contributed by atoms with van der Waals surface area (Å²) in [6.07, 6.45) is 0. The third-order valence-electron chi connectivity index (χ3n) is 6.20. The highest BCUT2D eigenvalue weighted by Crippen LogP contribution is 2.30. The molecule has 0 saturated heterocycles. The quantitative estimate of drug-likeness (QED) is 0.278. The second-order valence-corrected chi connectivity index (χ2v) is 9.57. The molecular formula is C30H28N4OS. The minimum Gasteiger partial charge on any atom is -0.348 e. The Bertz CT molecular complexity index is 1450. The van der Waals surface area contributed by atoms with Crippen LogP contribution < -0.4 is 11.1 Å². The average Bonchev–Trinajstić information content (AvgIpc) is 3.53. The number of hydrogen-bond donors (Lipinski definition) is 2. The van der Waals surface area contributed by atoms with Crippen LogP contribution in [0.25, 0.3) is 21.8 Å². The Morgan fingerprint density at radius 1 is 0.917 bits per heavy atom. The van der Waals surface area contributed by atoms with E-state index in [-0.39, 0.29) is 5.91 Å². The first kappa shape index (κ1) is 23.7. The van der Waals surface area contributed by atoms with Gasteiger partial charge < -0.3 is 15.6 Å². The molecule has 5 nitrogen and oxygen atoms in total. The summed E-state index contributed by atoms with van der Waals surface area (Å²) in [5.74, 6) is -0.0955. The summed E-state index contributed by atoms with van der Waals surface area (Å²) < 4.78 is 2.18. The first-order valence-corrected chi connectivity index (χ1v) is 12.8. The van der Waals surface area contributed by atoms with Crippen LogP contribution in [0.5, 0.6) is 0 Å². The number of aromatic nitrogens is 2. The van der Waals surface area contributed by atoms with Gasteiger partial charge in [-0.15, -0.1) is 11.3 Å². The first-order chi connectivity index (χ1) is 17.6. The van der Waals surface area contributed by atoms with Crippen molar-refractivity contribution in [1.29, 1.82) is 0 Å². The van der Waals surface area contributed by atoms with Crippen LogP contribution >= 0.6 is 11.3 Å². The number of carbonyl (C=O) groups is 1. The van der Waals surface area contributed by atoms with E-state index in [0.29, 0.717) is 25.2 Å². The maximum atomic E-state index is 13.4. The average molecular weight is 493 g/mol. The van der Waals surface area contributed by atoms with Gasteiger partial charge in [-0.25, -0.2) is 4.98 Å². The predicted molar refractivity (Wildman–Crippen MR) is 147 cm³/mol. The Labute approximate surface area is 215 Å². The lowest BCUT2D eigenvalue weighted by atomic mass is 10.1. The van der Waals surface area contributed by atoms with Crippen LogP contribution in [0.4, 0.5) is 0 Å². The molecule has 0 radical (unpaired) electrons. The fraction of sp³-hybridized carbons (Fsp3) is 0.133. The zero-order valence-corrected chi connectivity index (χ0v) is 21.0. The molecular weight excluding hydrogens is 464 g/mol. The predicted octanol–water partition coefficient (Wildman–Crippen LogP) is 6.02. The van der Waals surface area contributed by atoms with E-state index in [1.807, 2.05) is 85.8 Å². The molecule has 2 heterocycles. The van der Waals surface area contributed by atoms with Crippen molar-refractivity contribution in [3.8, 4) is 21.8 Å². The van der Waals surface area contributed by atoms with E-state index >= 15 is 0 Å². The second-order valence-electron chi connectivity index (χ2n) is 8.71. The van der Waals surface area contributed by atoms with Crippen LogP contribution in [0.2, 0.25) is 0 Å². The van der Waals surface area contributed by atoms with E-state index in [2.05, 4.69) is 27.4 Å². The molecule has 0 unspecified atom stereocenters. The molecule has 5 rings (SSSR count). The molecule has 0 saturated carbocycles. The molecule has 3 N–H and O–H groups in total. The van der Waals surface area contributed by atoms with Crippen LogP contribution in [0.15, 0.2) is 96.4 Å². The normalized spacial score (nSPS) is 10.9. The van der Waals surface area contributed by atoms with Crippen molar-refractivity contribution < 1.29 is 4.79 Å². The standard InChI is InChI=1S/C30H28N4OS/c1-21-16-27(29(35)32-18-23-14-12-22(17-31)13-15-23)28(24-8-4-2-5-9-24)34(21)19-26-20-36-30(33-26)25-10-6-3-7-11-25/h2-16,20H,17-19,31H2,1H3,(H,32,35). The molecule has 6 heteroatoms. The molecule has 0 aliphatic heterocycles. The summed E-state index contributed by atoms with van der Waals surface area (Å²) in [5.41, 5.74) is 13.5. The highest BCUT2D eigenvalue weighted by Gasteiger charge is 2.21. The molecule has 0 atom stereocenters. The third-order valence-corrected chi connectivity index (χ3v) is 7.14. The van der Waals surface area contributed by atoms with E-state index in [4.69, 9.17) is 10.7 Å². The lowest BCUT2D eigenvalue weighted by molar-refractivity contribution is 0.0951. The maximum absolute atomic E-state index is 13.4. The molecule has 3 aromatic carbocycles. The van der Waals surface area contributed by atoms with E-state index in [0.717, 1.165) is 44.3 Å². The molecule has 0 spiro atoms. The van der Waals surface area contributed by atoms with Crippen molar-refractivity contribution >= 4 is 17.2 Å². The molecule has 0 aliphatic carbocycles. The van der Waals surface area contributed by atoms with E-state index in [1.54, 1.807) is 11.3 Å². The van der Waals surface area contributed by atoms with Gasteiger partial charge in [0.2, 0.25) is 0 Å². The van der Waals surface area contributed by atoms with Gasteiger partial charge in [0.05, 0.1) is 23.5 Å². The van der Waals surface area contributed by atoms with Gasteiger partial charge in [0.15, 0.2) is 0 Å². The number of hydrogen-bond acceptors (Lipinski definition) is 4. The number of nitrogens with zero attached hydrogens (tertiary/aromatic N) is 2. The van der Waals surface area contributed by atoms with Crippen molar-refractivity contribution in [3.63, 3.8) is 0 Å². The number of aryl methyl sites for hydroxylation is 1. The highest BCUT2D eigenvalue weighted by molar-refractivity contribution is 7.13. The smallest absolute Gasteiger partial charge is 0.253 e. The molecule has 1 amide bonds. The molecule has 5 aromatic rings. The zero-order valence-electron chi connectivity index (χ0n) is 20.1. The Balaban J connectivity index is 1.44. The number of thiazole rings is 1. The topological polar surface area (TPSA) is 72.9 Å². The number of carbonyl (C=O) groups excluding carboxylic acids is 1. The van der Waals surface area contributed by atoms with Gasteiger partial charge >= 0.3 is 0 Å². The van der Waals surface area contributed by atoms with E-state index in [9.17, 15) is 4.79 Å². The van der Waals surface area contributed by atoms with Gasteiger partial charge in [-0.1, -0.05) is 84.9 Å². The Hall–Kier alpha value is -4.00. The number of nitrogens with one attached hydrogen (secondary N) is 1. The molecule has 0 bridgehead atoms. The van der Waals surface area contributed by atoms with Crippen LogP contribution in [-0.4, -0.2) is 15.5 Å². The van der Waals surface area contributed by atoms with Crippen LogP contribution in [0.1, 0.15) is 32.9 Å². The van der Waals surface area contributed by atoms with E-state index in [1.165, 1.54) is 0 Å². The van der Waals surface area contributed by atoms with Crippen molar-refractivity contribution in [1.82, 2.24) is 14.9 Å². The summed E-state index contributed by atoms with van der Waals surface area (Å²) in [6, 6.07) is 30.3. The molecule has 0 aliphatic rings. The second kappa shape index (κ2) is 10.7. The SMILES string of the molecule is Cc1cc(C(=O)NCc2ccc(CN)cc2)c(-c2ccccc2)n1Cc1csc(-c2ccccc2)n1. The van der Waals surface area contributed by atoms with Crippen LogP contribution in [-0.2, 0) is 19.6 Å². The van der Waals surface area contributed by atoms with Gasteiger partial charge in [-0.3, -0.25) is 4.79 Å². The molecule has 2 aromatic heterocycles. The van der Waals surface area contributed by atoms with E-state index < -0.39 is 0 Å². The fourth-order valence-electron chi connectivity index (χ4n) is 4.29. The number of rotatable bonds is 8. The lowest BCUT2D eigenvalue weighted by Crippen LogP contribution is -2.23. The summed E-state index contributed by atoms with van der Waals surface area (Å²) in [5, 5.41) is 6.19. The van der Waals surface area contributed by atoms with Crippen molar-refractivity contribution in [2.24, 2.45) is 5.73 Å². The summed E-state index contributed by atoms with van der Waals surface area (Å²) in [7, 11) is 0. The lowest BCUT2D eigenvalue weighted by Gasteiger charge is -2.13. The summed E-state index contributed by atoms with van der Waals surface area (Å²) in [4.78, 5) is 18.3. The van der Waals surface area contributed by atoms with Crippen molar-refractivity contribution in [3.05, 3.63) is 124 Å². The van der Waals surface area contributed by atoms with Gasteiger partial charge in [0, 0.05) is 29.7 Å². The molecule has 0 fully saturated rings. The van der Waals surface area contributed by atoms with Gasteiger partial charge in [0.25, 0.3) is 5.91 Å². The van der Waals surface area contributed by atoms with Crippen LogP contribution in [0, 0.1) is 6.92 Å². The number of amides is 1. The fourth-order valence-corrected chi connectivity index (χ4v) is 5.10. The number of nitrogens with two attached hydrogens (primary N) is 1. The van der Waals surface area contributed by atoms with Gasteiger partial charge in [-0.05, 0) is 29.7 Å². The zero-order chi connectivity index (χ0) is 24.9. The minimum absolute atomic E-state index is 0.0955. The molecule has 180 valence electrons. The van der Waals surface area contributed by atoms with Gasteiger partial charge in [0.1, 0.15) is 5.01 Å². The largest absolute Gasteiger partial charge is 0.348 e. The monoisotopic (exact) mass is 492 g/mol. The van der Waals surface area contributed by atoms with Gasteiger partial charge in [-0.2, -0.15) is 0 Å². The summed E-state index contributed by atoms with van der Waals surface area (Å²) in [6.45, 7) is 3.59. The number of benzene rings is 3. The maximum Gasteiger partial charge on any atom is 0.253 e. The van der Waals surface area contributed by atoms with Crippen molar-refractivity contribution in [2.45, 2.75) is 26.6 Å².